The quantitative estimate of drug-likeness (QED) is 0.861. The van der Waals surface area contributed by atoms with Gasteiger partial charge in [-0.2, -0.15) is 0 Å². The lowest BCUT2D eigenvalue weighted by Gasteiger charge is -2.34. The van der Waals surface area contributed by atoms with Crippen molar-refractivity contribution in [1.82, 2.24) is 10.2 Å². The molecule has 0 saturated carbocycles. The average molecular weight is 284 g/mol. The van der Waals surface area contributed by atoms with Crippen molar-refractivity contribution in [3.8, 4) is 0 Å². The van der Waals surface area contributed by atoms with Crippen molar-refractivity contribution in [2.75, 3.05) is 19.7 Å². The highest BCUT2D eigenvalue weighted by Gasteiger charge is 2.26. The first kappa shape index (κ1) is 17.0. The van der Waals surface area contributed by atoms with Crippen LogP contribution in [0.15, 0.2) is 0 Å². The van der Waals surface area contributed by atoms with Crippen LogP contribution in [0.1, 0.15) is 47.5 Å². The number of carbonyl (C=O) groups is 2. The SMILES string of the molecule is CC(C)C(=O)COC1CCN(C(=O)NC(C)(C)C)CC1. The number of hydrogen-bond acceptors (Lipinski definition) is 3. The van der Waals surface area contributed by atoms with E-state index >= 15 is 0 Å². The zero-order valence-electron chi connectivity index (χ0n) is 13.4. The summed E-state index contributed by atoms with van der Waals surface area (Å²) in [7, 11) is 0. The number of nitrogens with zero attached hydrogens (tertiary/aromatic N) is 1. The van der Waals surface area contributed by atoms with E-state index in [9.17, 15) is 9.59 Å². The number of likely N-dealkylation sites (tertiary alicyclic amines) is 1. The summed E-state index contributed by atoms with van der Waals surface area (Å²) in [6, 6.07) is -0.0193. The summed E-state index contributed by atoms with van der Waals surface area (Å²) in [6.45, 7) is 11.2. The number of hydrogen-bond donors (Lipinski definition) is 1. The highest BCUT2D eigenvalue weighted by Crippen LogP contribution is 2.15. The van der Waals surface area contributed by atoms with Crippen molar-refractivity contribution in [2.45, 2.75) is 59.1 Å². The van der Waals surface area contributed by atoms with Crippen molar-refractivity contribution in [2.24, 2.45) is 5.92 Å². The van der Waals surface area contributed by atoms with Crippen LogP contribution in [0.3, 0.4) is 0 Å². The minimum Gasteiger partial charge on any atom is -0.370 e. The molecule has 0 unspecified atom stereocenters. The summed E-state index contributed by atoms with van der Waals surface area (Å²) in [6.07, 6.45) is 1.68. The lowest BCUT2D eigenvalue weighted by molar-refractivity contribution is -0.129. The molecule has 2 amide bonds. The summed E-state index contributed by atoms with van der Waals surface area (Å²) in [5.41, 5.74) is -0.214. The zero-order valence-corrected chi connectivity index (χ0v) is 13.4. The molecule has 0 aliphatic carbocycles. The molecule has 1 aliphatic rings. The summed E-state index contributed by atoms with van der Waals surface area (Å²) in [5.74, 6) is 0.158. The van der Waals surface area contributed by atoms with E-state index in [0.29, 0.717) is 13.1 Å². The van der Waals surface area contributed by atoms with Gasteiger partial charge in [-0.3, -0.25) is 4.79 Å². The van der Waals surface area contributed by atoms with E-state index < -0.39 is 0 Å². The fourth-order valence-electron chi connectivity index (χ4n) is 1.99. The largest absolute Gasteiger partial charge is 0.370 e. The second-order valence-electron chi connectivity index (χ2n) is 6.80. The van der Waals surface area contributed by atoms with E-state index in [1.165, 1.54) is 0 Å². The Balaban J connectivity index is 2.30. The second kappa shape index (κ2) is 7.07. The Kier molecular flexibility index (Phi) is 5.99. The second-order valence-corrected chi connectivity index (χ2v) is 6.80. The van der Waals surface area contributed by atoms with E-state index in [-0.39, 0.29) is 36.0 Å². The molecule has 5 heteroatoms. The van der Waals surface area contributed by atoms with E-state index in [4.69, 9.17) is 4.74 Å². The molecule has 116 valence electrons. The number of rotatable bonds is 4. The van der Waals surface area contributed by atoms with Gasteiger partial charge in [-0.05, 0) is 33.6 Å². The van der Waals surface area contributed by atoms with Gasteiger partial charge in [0.15, 0.2) is 5.78 Å². The Bertz CT molecular complexity index is 340. The maximum Gasteiger partial charge on any atom is 0.317 e. The van der Waals surface area contributed by atoms with Crippen LogP contribution in [0.25, 0.3) is 0 Å². The van der Waals surface area contributed by atoms with Crippen LogP contribution in [0.4, 0.5) is 4.79 Å². The maximum absolute atomic E-state index is 12.0. The smallest absolute Gasteiger partial charge is 0.317 e. The molecule has 1 aliphatic heterocycles. The Morgan fingerprint density at radius 1 is 1.25 bits per heavy atom. The van der Waals surface area contributed by atoms with Gasteiger partial charge in [0.2, 0.25) is 0 Å². The van der Waals surface area contributed by atoms with Crippen LogP contribution in [0.2, 0.25) is 0 Å². The van der Waals surface area contributed by atoms with E-state index in [2.05, 4.69) is 5.32 Å². The molecular weight excluding hydrogens is 256 g/mol. The number of nitrogens with one attached hydrogen (secondary N) is 1. The summed E-state index contributed by atoms with van der Waals surface area (Å²) < 4.78 is 5.63. The third-order valence-electron chi connectivity index (χ3n) is 3.32. The van der Waals surface area contributed by atoms with Crippen molar-refractivity contribution in [3.05, 3.63) is 0 Å². The fourth-order valence-corrected chi connectivity index (χ4v) is 1.99. The summed E-state index contributed by atoms with van der Waals surface area (Å²) in [5, 5.41) is 2.96. The van der Waals surface area contributed by atoms with Crippen LogP contribution in [0, 0.1) is 5.92 Å². The molecular formula is C15H28N2O3. The van der Waals surface area contributed by atoms with Gasteiger partial charge >= 0.3 is 6.03 Å². The van der Waals surface area contributed by atoms with Crippen molar-refractivity contribution in [3.63, 3.8) is 0 Å². The van der Waals surface area contributed by atoms with Crippen molar-refractivity contribution >= 4 is 11.8 Å². The first-order valence-corrected chi connectivity index (χ1v) is 7.40. The third-order valence-corrected chi connectivity index (χ3v) is 3.32. The van der Waals surface area contributed by atoms with Crippen LogP contribution in [-0.4, -0.2) is 48.1 Å². The molecule has 1 N–H and O–H groups in total. The highest BCUT2D eigenvalue weighted by molar-refractivity contribution is 5.81. The maximum atomic E-state index is 12.0. The minimum absolute atomic E-state index is 0.0193. The van der Waals surface area contributed by atoms with E-state index in [1.807, 2.05) is 39.5 Å². The Morgan fingerprint density at radius 2 is 1.80 bits per heavy atom. The number of carbonyl (C=O) groups excluding carboxylic acids is 2. The summed E-state index contributed by atoms with van der Waals surface area (Å²) >= 11 is 0. The van der Waals surface area contributed by atoms with Crippen molar-refractivity contribution < 1.29 is 14.3 Å². The third kappa shape index (κ3) is 5.90. The Hall–Kier alpha value is -1.10. The first-order chi connectivity index (χ1) is 9.19. The predicted octanol–water partition coefficient (Wildman–Crippen LogP) is 2.20. The Morgan fingerprint density at radius 3 is 2.25 bits per heavy atom. The standard InChI is InChI=1S/C15H28N2O3/c1-11(2)13(18)10-20-12-6-8-17(9-7-12)14(19)16-15(3,4)5/h11-12H,6-10H2,1-5H3,(H,16,19). The zero-order chi connectivity index (χ0) is 15.3. The van der Waals surface area contributed by atoms with Crippen molar-refractivity contribution in [1.29, 1.82) is 0 Å². The van der Waals surface area contributed by atoms with Gasteiger partial charge in [-0.15, -0.1) is 0 Å². The van der Waals surface area contributed by atoms with Gasteiger partial charge < -0.3 is 15.0 Å². The molecule has 20 heavy (non-hydrogen) atoms. The minimum atomic E-state index is -0.214. The fraction of sp³-hybridized carbons (Fsp3) is 0.867. The first-order valence-electron chi connectivity index (χ1n) is 7.40. The van der Waals surface area contributed by atoms with Gasteiger partial charge in [0.25, 0.3) is 0 Å². The van der Waals surface area contributed by atoms with Crippen LogP contribution < -0.4 is 5.32 Å². The molecule has 1 fully saturated rings. The molecule has 5 nitrogen and oxygen atoms in total. The van der Waals surface area contributed by atoms with E-state index in [1.54, 1.807) is 0 Å². The molecule has 1 rings (SSSR count). The molecule has 1 heterocycles. The van der Waals surface area contributed by atoms with Gasteiger partial charge in [-0.1, -0.05) is 13.8 Å². The molecule has 1 saturated heterocycles. The van der Waals surface area contributed by atoms with Gasteiger partial charge in [0.05, 0.1) is 6.10 Å². The molecule has 0 aromatic rings. The molecule has 0 spiro atoms. The number of Topliss-reactive ketones (excluding diaryl/α,β-unsaturated/α-hetero) is 1. The lowest BCUT2D eigenvalue weighted by atomic mass is 10.1. The highest BCUT2D eigenvalue weighted by atomic mass is 16.5. The van der Waals surface area contributed by atoms with E-state index in [0.717, 1.165) is 12.8 Å². The molecule has 0 aromatic heterocycles. The van der Waals surface area contributed by atoms with Crippen LogP contribution >= 0.6 is 0 Å². The number of ether oxygens (including phenoxy) is 1. The topological polar surface area (TPSA) is 58.6 Å². The average Bonchev–Trinajstić information content (AvgIpc) is 2.34. The number of ketones is 1. The molecule has 0 radical (unpaired) electrons. The monoisotopic (exact) mass is 284 g/mol. The molecule has 0 aromatic carbocycles. The predicted molar refractivity (Wildman–Crippen MR) is 78.7 cm³/mol. The van der Waals surface area contributed by atoms with Crippen LogP contribution in [-0.2, 0) is 9.53 Å². The normalized spacial score (nSPS) is 17.4. The molecule has 0 bridgehead atoms. The van der Waals surface area contributed by atoms with Gasteiger partial charge in [0, 0.05) is 24.5 Å². The number of urea groups is 1. The van der Waals surface area contributed by atoms with Crippen LogP contribution in [0.5, 0.6) is 0 Å². The summed E-state index contributed by atoms with van der Waals surface area (Å²) in [4.78, 5) is 25.3. The lowest BCUT2D eigenvalue weighted by Crippen LogP contribution is -2.51. The number of piperidine rings is 1. The molecule has 0 atom stereocenters. The van der Waals surface area contributed by atoms with Gasteiger partial charge in [-0.25, -0.2) is 4.79 Å². The number of amides is 2. The Labute approximate surface area is 122 Å². The van der Waals surface area contributed by atoms with Gasteiger partial charge in [0.1, 0.15) is 6.61 Å².